The molecule has 0 aromatic heterocycles. The monoisotopic (exact) mass is 176 g/mol. The van der Waals surface area contributed by atoms with E-state index in [9.17, 15) is 0 Å². The SMILES string of the molecule is CCOC1(OCC)CCCS1. The summed E-state index contributed by atoms with van der Waals surface area (Å²) >= 11 is 1.79. The summed E-state index contributed by atoms with van der Waals surface area (Å²) < 4.78 is 11.1. The van der Waals surface area contributed by atoms with Crippen molar-refractivity contribution >= 4 is 11.8 Å². The lowest BCUT2D eigenvalue weighted by atomic mass is 10.3. The normalized spacial score (nSPS) is 22.4. The van der Waals surface area contributed by atoms with Crippen molar-refractivity contribution in [1.82, 2.24) is 0 Å². The fraction of sp³-hybridized carbons (Fsp3) is 1.00. The van der Waals surface area contributed by atoms with Crippen LogP contribution in [-0.4, -0.2) is 24.1 Å². The van der Waals surface area contributed by atoms with Crippen LogP contribution >= 0.6 is 11.8 Å². The predicted octanol–water partition coefficient (Wildman–Crippen LogP) is 2.24. The Labute approximate surface area is 72.6 Å². The van der Waals surface area contributed by atoms with Gasteiger partial charge in [-0.05, 0) is 26.0 Å². The van der Waals surface area contributed by atoms with Crippen molar-refractivity contribution in [1.29, 1.82) is 0 Å². The average Bonchev–Trinajstić information content (AvgIpc) is 2.39. The second-order valence-corrected chi connectivity index (χ2v) is 3.82. The third kappa shape index (κ3) is 2.36. The van der Waals surface area contributed by atoms with Crippen molar-refractivity contribution < 1.29 is 9.47 Å². The standard InChI is InChI=1S/C8H16O2S/c1-3-9-8(10-4-2)6-5-7-11-8/h3-7H2,1-2H3. The topological polar surface area (TPSA) is 18.5 Å². The Morgan fingerprint density at radius 1 is 1.27 bits per heavy atom. The molecule has 1 fully saturated rings. The summed E-state index contributed by atoms with van der Waals surface area (Å²) in [5, 5.41) is -0.288. The van der Waals surface area contributed by atoms with Gasteiger partial charge in [-0.15, -0.1) is 0 Å². The molecule has 1 aliphatic heterocycles. The Morgan fingerprint density at radius 3 is 2.27 bits per heavy atom. The molecule has 0 radical (unpaired) electrons. The van der Waals surface area contributed by atoms with Crippen molar-refractivity contribution in [2.75, 3.05) is 19.0 Å². The van der Waals surface area contributed by atoms with Gasteiger partial charge in [0, 0.05) is 19.6 Å². The number of hydrogen-bond acceptors (Lipinski definition) is 3. The lowest BCUT2D eigenvalue weighted by Gasteiger charge is -2.27. The van der Waals surface area contributed by atoms with Crippen LogP contribution in [0, 0.1) is 0 Å². The lowest BCUT2D eigenvalue weighted by molar-refractivity contribution is -0.165. The van der Waals surface area contributed by atoms with E-state index in [1.165, 1.54) is 12.2 Å². The number of thioether (sulfide) groups is 1. The first-order valence-corrected chi connectivity index (χ1v) is 5.23. The first-order chi connectivity index (χ1) is 5.33. The zero-order valence-corrected chi connectivity index (χ0v) is 8.08. The Balaban J connectivity index is 2.40. The van der Waals surface area contributed by atoms with Gasteiger partial charge in [0.15, 0.2) is 0 Å². The molecule has 0 N–H and O–H groups in total. The van der Waals surface area contributed by atoms with Gasteiger partial charge in [0.05, 0.1) is 0 Å². The fourth-order valence-corrected chi connectivity index (χ4v) is 2.59. The van der Waals surface area contributed by atoms with E-state index in [1.54, 1.807) is 11.8 Å². The molecule has 1 heterocycles. The molecule has 66 valence electrons. The maximum atomic E-state index is 5.57. The molecule has 0 unspecified atom stereocenters. The minimum Gasteiger partial charge on any atom is -0.341 e. The van der Waals surface area contributed by atoms with E-state index in [0.29, 0.717) is 0 Å². The van der Waals surface area contributed by atoms with Crippen LogP contribution in [0.2, 0.25) is 0 Å². The van der Waals surface area contributed by atoms with Crippen molar-refractivity contribution in [3.8, 4) is 0 Å². The van der Waals surface area contributed by atoms with Crippen molar-refractivity contribution in [2.24, 2.45) is 0 Å². The van der Waals surface area contributed by atoms with Gasteiger partial charge in [0.1, 0.15) is 0 Å². The van der Waals surface area contributed by atoms with E-state index >= 15 is 0 Å². The van der Waals surface area contributed by atoms with Crippen LogP contribution < -0.4 is 0 Å². The van der Waals surface area contributed by atoms with Crippen molar-refractivity contribution in [3.05, 3.63) is 0 Å². The zero-order valence-electron chi connectivity index (χ0n) is 7.26. The highest BCUT2D eigenvalue weighted by molar-refractivity contribution is 8.00. The molecule has 1 saturated heterocycles. The van der Waals surface area contributed by atoms with E-state index in [2.05, 4.69) is 0 Å². The van der Waals surface area contributed by atoms with Gasteiger partial charge in [0.2, 0.25) is 5.12 Å². The Hall–Kier alpha value is 0.270. The van der Waals surface area contributed by atoms with Gasteiger partial charge in [-0.1, -0.05) is 11.8 Å². The highest BCUT2D eigenvalue weighted by atomic mass is 32.2. The summed E-state index contributed by atoms with van der Waals surface area (Å²) in [7, 11) is 0. The molecule has 0 bridgehead atoms. The average molecular weight is 176 g/mol. The largest absolute Gasteiger partial charge is 0.341 e. The Kier molecular flexibility index (Phi) is 3.69. The van der Waals surface area contributed by atoms with Gasteiger partial charge in [-0.3, -0.25) is 0 Å². The Bertz CT molecular complexity index is 103. The van der Waals surface area contributed by atoms with Gasteiger partial charge in [-0.25, -0.2) is 0 Å². The number of rotatable bonds is 4. The van der Waals surface area contributed by atoms with Crippen molar-refractivity contribution in [3.63, 3.8) is 0 Å². The van der Waals surface area contributed by atoms with Crippen LogP contribution in [0.5, 0.6) is 0 Å². The first kappa shape index (κ1) is 9.36. The molecular weight excluding hydrogens is 160 g/mol. The maximum Gasteiger partial charge on any atom is 0.218 e. The highest BCUT2D eigenvalue weighted by Crippen LogP contribution is 2.39. The molecule has 0 atom stereocenters. The van der Waals surface area contributed by atoms with Gasteiger partial charge in [0.25, 0.3) is 0 Å². The molecule has 11 heavy (non-hydrogen) atoms. The molecular formula is C8H16O2S. The third-order valence-electron chi connectivity index (χ3n) is 1.68. The van der Waals surface area contributed by atoms with Crippen LogP contribution in [-0.2, 0) is 9.47 Å². The first-order valence-electron chi connectivity index (χ1n) is 4.25. The molecule has 0 aromatic carbocycles. The van der Waals surface area contributed by atoms with E-state index < -0.39 is 0 Å². The number of ether oxygens (including phenoxy) is 2. The van der Waals surface area contributed by atoms with Crippen LogP contribution in [0.15, 0.2) is 0 Å². The van der Waals surface area contributed by atoms with Gasteiger partial charge >= 0.3 is 0 Å². The molecule has 1 rings (SSSR count). The molecule has 0 amide bonds. The Morgan fingerprint density at radius 2 is 1.91 bits per heavy atom. The highest BCUT2D eigenvalue weighted by Gasteiger charge is 2.35. The van der Waals surface area contributed by atoms with Gasteiger partial charge < -0.3 is 9.47 Å². The summed E-state index contributed by atoms with van der Waals surface area (Å²) in [5.74, 6) is 1.17. The third-order valence-corrected chi connectivity index (χ3v) is 3.05. The summed E-state index contributed by atoms with van der Waals surface area (Å²) in [6.45, 7) is 5.51. The van der Waals surface area contributed by atoms with Crippen LogP contribution in [0.1, 0.15) is 26.7 Å². The van der Waals surface area contributed by atoms with E-state index in [0.717, 1.165) is 19.6 Å². The summed E-state index contributed by atoms with van der Waals surface area (Å²) in [5.41, 5.74) is 0. The molecule has 3 heteroatoms. The minimum atomic E-state index is -0.288. The second kappa shape index (κ2) is 4.33. The van der Waals surface area contributed by atoms with Crippen LogP contribution in [0.3, 0.4) is 0 Å². The summed E-state index contributed by atoms with van der Waals surface area (Å²) in [6, 6.07) is 0. The smallest absolute Gasteiger partial charge is 0.218 e. The molecule has 1 aliphatic rings. The number of hydrogen-bond donors (Lipinski definition) is 0. The predicted molar refractivity (Wildman–Crippen MR) is 47.7 cm³/mol. The molecule has 0 saturated carbocycles. The fourth-order valence-electron chi connectivity index (χ4n) is 1.30. The summed E-state index contributed by atoms with van der Waals surface area (Å²) in [6.07, 6.45) is 2.25. The molecule has 0 aromatic rings. The molecule has 2 nitrogen and oxygen atoms in total. The maximum absolute atomic E-state index is 5.57. The quantitative estimate of drug-likeness (QED) is 0.612. The molecule has 0 spiro atoms. The van der Waals surface area contributed by atoms with E-state index in [1.807, 2.05) is 13.8 Å². The zero-order chi connectivity index (χ0) is 8.16. The summed E-state index contributed by atoms with van der Waals surface area (Å²) in [4.78, 5) is 0. The van der Waals surface area contributed by atoms with Crippen LogP contribution in [0.4, 0.5) is 0 Å². The van der Waals surface area contributed by atoms with Crippen molar-refractivity contribution in [2.45, 2.75) is 31.8 Å². The van der Waals surface area contributed by atoms with E-state index in [-0.39, 0.29) is 5.12 Å². The second-order valence-electron chi connectivity index (χ2n) is 2.50. The lowest BCUT2D eigenvalue weighted by Crippen LogP contribution is -2.29. The van der Waals surface area contributed by atoms with E-state index in [4.69, 9.17) is 9.47 Å². The minimum absolute atomic E-state index is 0.288. The molecule has 0 aliphatic carbocycles. The van der Waals surface area contributed by atoms with Crippen LogP contribution in [0.25, 0.3) is 0 Å². The van der Waals surface area contributed by atoms with Gasteiger partial charge in [-0.2, -0.15) is 0 Å².